The molecule has 0 saturated heterocycles. The van der Waals surface area contributed by atoms with Crippen molar-refractivity contribution in [2.75, 3.05) is 0 Å². The number of nitrogens with zero attached hydrogens (tertiary/aromatic N) is 4. The minimum absolute atomic E-state index is 0.146. The minimum atomic E-state index is -0.512. The number of Topliss-reactive ketones (excluding diaryl/α,β-unsaturated/α-hetero) is 1. The van der Waals surface area contributed by atoms with Gasteiger partial charge in [-0.3, -0.25) is 9.78 Å². The van der Waals surface area contributed by atoms with Gasteiger partial charge in [-0.15, -0.1) is 0 Å². The first-order chi connectivity index (χ1) is 14.3. The van der Waals surface area contributed by atoms with Gasteiger partial charge in [-0.05, 0) is 25.1 Å². The Bertz CT molecular complexity index is 1290. The van der Waals surface area contributed by atoms with E-state index in [9.17, 15) is 4.79 Å². The first-order valence-corrected chi connectivity index (χ1v) is 8.10. The molecular formula is C21H18N4O. The van der Waals surface area contributed by atoms with E-state index in [4.69, 9.17) is 5.48 Å². The number of carbonyl (C=O) groups excluding carboxylic acids is 1. The number of aromatic nitrogens is 4. The van der Waals surface area contributed by atoms with Crippen LogP contribution in [0.15, 0.2) is 61.1 Å². The van der Waals surface area contributed by atoms with Crippen LogP contribution in [0.2, 0.25) is 0 Å². The van der Waals surface area contributed by atoms with Crippen molar-refractivity contribution in [1.82, 2.24) is 19.5 Å². The first-order valence-electron chi connectivity index (χ1n) is 10.1. The Labute approximate surface area is 157 Å². The summed E-state index contributed by atoms with van der Waals surface area (Å²) < 4.78 is 33.9. The Hall–Kier alpha value is -3.34. The summed E-state index contributed by atoms with van der Waals surface area (Å²) in [6.45, 7) is 1.51. The van der Waals surface area contributed by atoms with Crippen molar-refractivity contribution < 1.29 is 10.3 Å². The molecule has 128 valence electrons. The molecule has 0 atom stereocenters. The lowest BCUT2D eigenvalue weighted by atomic mass is 10.0. The van der Waals surface area contributed by atoms with E-state index in [0.717, 1.165) is 16.8 Å². The predicted octanol–water partition coefficient (Wildman–Crippen LogP) is 3.76. The molecule has 4 aromatic rings. The lowest BCUT2D eigenvalue weighted by molar-refractivity contribution is 0.0992. The van der Waals surface area contributed by atoms with Crippen molar-refractivity contribution in [2.24, 2.45) is 7.05 Å². The van der Waals surface area contributed by atoms with E-state index >= 15 is 0 Å². The number of fused-ring (bicyclic) bond motifs is 1. The third-order valence-electron chi connectivity index (χ3n) is 4.08. The molecule has 0 bridgehead atoms. The van der Waals surface area contributed by atoms with Crippen LogP contribution in [-0.4, -0.2) is 25.3 Å². The van der Waals surface area contributed by atoms with E-state index in [1.54, 1.807) is 24.8 Å². The molecule has 0 radical (unpaired) electrons. The Morgan fingerprint density at radius 2 is 2.00 bits per heavy atom. The van der Waals surface area contributed by atoms with Crippen molar-refractivity contribution in [2.45, 2.75) is 13.3 Å². The SMILES string of the molecule is [2H]c1c([2H])c(C(=O)Cc2cc3nc(-c4cncn4C)ccc3cn2)c([2H])c([2H])c1C. The summed E-state index contributed by atoms with van der Waals surface area (Å²) in [5.74, 6) is -0.512. The highest BCUT2D eigenvalue weighted by Gasteiger charge is 2.10. The lowest BCUT2D eigenvalue weighted by Gasteiger charge is -2.06. The molecule has 0 amide bonds. The topological polar surface area (TPSA) is 60.7 Å². The molecule has 0 fully saturated rings. The number of rotatable bonds is 4. The van der Waals surface area contributed by atoms with Crippen molar-refractivity contribution in [3.8, 4) is 11.4 Å². The van der Waals surface area contributed by atoms with Crippen LogP contribution < -0.4 is 0 Å². The van der Waals surface area contributed by atoms with Gasteiger partial charge in [-0.2, -0.15) is 0 Å². The molecule has 5 nitrogen and oxygen atoms in total. The Morgan fingerprint density at radius 1 is 1.19 bits per heavy atom. The number of ketones is 1. The second-order valence-corrected chi connectivity index (χ2v) is 6.05. The molecule has 0 saturated carbocycles. The van der Waals surface area contributed by atoms with Gasteiger partial charge >= 0.3 is 0 Å². The van der Waals surface area contributed by atoms with Crippen molar-refractivity contribution in [1.29, 1.82) is 0 Å². The summed E-state index contributed by atoms with van der Waals surface area (Å²) in [7, 11) is 1.88. The zero-order valence-electron chi connectivity index (χ0n) is 18.4. The number of imidazole rings is 1. The highest BCUT2D eigenvalue weighted by Crippen LogP contribution is 2.20. The van der Waals surface area contributed by atoms with Gasteiger partial charge in [0.1, 0.15) is 0 Å². The van der Waals surface area contributed by atoms with Gasteiger partial charge in [-0.25, -0.2) is 9.97 Å². The van der Waals surface area contributed by atoms with Crippen LogP contribution in [0.3, 0.4) is 0 Å². The number of hydrogen-bond acceptors (Lipinski definition) is 4. The fourth-order valence-electron chi connectivity index (χ4n) is 2.67. The summed E-state index contributed by atoms with van der Waals surface area (Å²) in [6, 6.07) is 4.43. The van der Waals surface area contributed by atoms with E-state index in [-0.39, 0.29) is 41.7 Å². The second kappa shape index (κ2) is 6.52. The fraction of sp³-hybridized carbons (Fsp3) is 0.143. The highest BCUT2D eigenvalue weighted by molar-refractivity contribution is 5.97. The summed E-state index contributed by atoms with van der Waals surface area (Å²) >= 11 is 0. The number of carbonyl (C=O) groups is 1. The molecule has 0 aliphatic carbocycles. The predicted molar refractivity (Wildman–Crippen MR) is 101 cm³/mol. The number of pyridine rings is 2. The third-order valence-corrected chi connectivity index (χ3v) is 4.08. The van der Waals surface area contributed by atoms with Crippen molar-refractivity contribution in [3.05, 3.63) is 77.9 Å². The van der Waals surface area contributed by atoms with E-state index < -0.39 is 5.78 Å². The molecule has 3 aromatic heterocycles. The van der Waals surface area contributed by atoms with Crippen LogP contribution in [-0.2, 0) is 13.5 Å². The second-order valence-electron chi connectivity index (χ2n) is 6.05. The van der Waals surface area contributed by atoms with Gasteiger partial charge < -0.3 is 4.57 Å². The average Bonchev–Trinajstić information content (AvgIpc) is 3.16. The van der Waals surface area contributed by atoms with Gasteiger partial charge in [0.15, 0.2) is 5.78 Å². The quantitative estimate of drug-likeness (QED) is 0.528. The normalized spacial score (nSPS) is 13.2. The van der Waals surface area contributed by atoms with E-state index in [2.05, 4.69) is 15.0 Å². The van der Waals surface area contributed by atoms with Crippen LogP contribution in [0.1, 0.15) is 27.1 Å². The van der Waals surface area contributed by atoms with Crippen LogP contribution >= 0.6 is 0 Å². The van der Waals surface area contributed by atoms with Gasteiger partial charge in [-0.1, -0.05) is 29.7 Å². The van der Waals surface area contributed by atoms with E-state index in [0.29, 0.717) is 11.2 Å². The maximum atomic E-state index is 12.8. The van der Waals surface area contributed by atoms with Crippen molar-refractivity contribution in [3.63, 3.8) is 0 Å². The zero-order chi connectivity index (χ0) is 21.6. The molecule has 3 heterocycles. The van der Waals surface area contributed by atoms with Gasteiger partial charge in [0.25, 0.3) is 0 Å². The number of benzene rings is 1. The molecule has 5 heteroatoms. The molecule has 0 aliphatic rings. The van der Waals surface area contributed by atoms with Gasteiger partial charge in [0, 0.05) is 24.2 Å². The molecule has 0 unspecified atom stereocenters. The monoisotopic (exact) mass is 346 g/mol. The molecule has 0 N–H and O–H groups in total. The van der Waals surface area contributed by atoms with Gasteiger partial charge in [0.05, 0.1) is 47.0 Å². The smallest absolute Gasteiger partial charge is 0.168 e. The number of aryl methyl sites for hydroxylation is 1. The summed E-state index contributed by atoms with van der Waals surface area (Å²) in [4.78, 5) is 25.9. The van der Waals surface area contributed by atoms with E-state index in [1.807, 2.05) is 23.7 Å². The lowest BCUT2D eigenvalue weighted by Crippen LogP contribution is -2.05. The Kier molecular flexibility index (Phi) is 3.03. The minimum Gasteiger partial charge on any atom is -0.332 e. The first kappa shape index (κ1) is 12.1. The third kappa shape index (κ3) is 3.11. The Balaban J connectivity index is 1.71. The van der Waals surface area contributed by atoms with Crippen LogP contribution in [0, 0.1) is 6.92 Å². The molecule has 4 rings (SSSR count). The Morgan fingerprint density at radius 3 is 2.73 bits per heavy atom. The summed E-state index contributed by atoms with van der Waals surface area (Å²) in [6.07, 6.45) is 4.90. The standard InChI is InChI=1S/C21H18N4O/c1-14-3-5-15(6-4-14)21(26)10-17-9-19-16(11-23-17)7-8-18(24-19)20-12-22-13-25(20)2/h3-9,11-13H,10H2,1-2H3/i3D,4D,5D,6D. The number of hydrogen-bond donors (Lipinski definition) is 0. The molecule has 26 heavy (non-hydrogen) atoms. The summed E-state index contributed by atoms with van der Waals surface area (Å²) in [5.41, 5.74) is 2.71. The van der Waals surface area contributed by atoms with Gasteiger partial charge in [0.2, 0.25) is 0 Å². The molecular weight excluding hydrogens is 324 g/mol. The molecule has 0 aliphatic heterocycles. The van der Waals surface area contributed by atoms with Crippen LogP contribution in [0.5, 0.6) is 0 Å². The summed E-state index contributed by atoms with van der Waals surface area (Å²) in [5, 5.41) is 0.816. The van der Waals surface area contributed by atoms with Crippen LogP contribution in [0.4, 0.5) is 0 Å². The largest absolute Gasteiger partial charge is 0.332 e. The van der Waals surface area contributed by atoms with Crippen molar-refractivity contribution >= 4 is 16.7 Å². The maximum absolute atomic E-state index is 12.8. The average molecular weight is 346 g/mol. The highest BCUT2D eigenvalue weighted by atomic mass is 16.1. The maximum Gasteiger partial charge on any atom is 0.168 e. The fourth-order valence-corrected chi connectivity index (χ4v) is 2.67. The van der Waals surface area contributed by atoms with E-state index in [1.165, 1.54) is 6.92 Å². The van der Waals surface area contributed by atoms with Crippen LogP contribution in [0.25, 0.3) is 22.3 Å². The zero-order valence-corrected chi connectivity index (χ0v) is 14.4. The molecule has 0 spiro atoms. The molecule has 1 aromatic carbocycles.